The fourth-order valence-electron chi connectivity index (χ4n) is 2.63. The SMILES string of the molecule is COc1ccc(CNC(=O)CNc2c(C)cc(C)cc2C)cc1. The molecule has 122 valence electrons. The molecule has 0 saturated carbocycles. The zero-order valence-corrected chi connectivity index (χ0v) is 14.2. The van der Waals surface area contributed by atoms with Crippen LogP contribution in [0.2, 0.25) is 0 Å². The number of ether oxygens (including phenoxy) is 1. The van der Waals surface area contributed by atoms with Crippen LogP contribution >= 0.6 is 0 Å². The molecule has 2 rings (SSSR count). The summed E-state index contributed by atoms with van der Waals surface area (Å²) in [6.45, 7) is 6.96. The number of anilines is 1. The van der Waals surface area contributed by atoms with E-state index in [1.807, 2.05) is 24.3 Å². The van der Waals surface area contributed by atoms with Crippen LogP contribution in [-0.2, 0) is 11.3 Å². The number of benzene rings is 2. The molecule has 0 atom stereocenters. The first kappa shape index (κ1) is 16.9. The molecular formula is C19H24N2O2. The molecule has 0 radical (unpaired) electrons. The summed E-state index contributed by atoms with van der Waals surface area (Å²) in [7, 11) is 1.64. The molecule has 2 aromatic carbocycles. The lowest BCUT2D eigenvalue weighted by Gasteiger charge is -2.14. The van der Waals surface area contributed by atoms with E-state index in [0.29, 0.717) is 6.54 Å². The van der Waals surface area contributed by atoms with Crippen LogP contribution in [0.4, 0.5) is 5.69 Å². The average Bonchev–Trinajstić information content (AvgIpc) is 2.52. The van der Waals surface area contributed by atoms with Crippen LogP contribution in [0.15, 0.2) is 36.4 Å². The van der Waals surface area contributed by atoms with Crippen molar-refractivity contribution < 1.29 is 9.53 Å². The third kappa shape index (κ3) is 4.74. The van der Waals surface area contributed by atoms with Gasteiger partial charge in [0.15, 0.2) is 0 Å². The van der Waals surface area contributed by atoms with Gasteiger partial charge in [-0.05, 0) is 49.6 Å². The van der Waals surface area contributed by atoms with Crippen LogP contribution in [0.5, 0.6) is 5.75 Å². The second-order valence-electron chi connectivity index (χ2n) is 5.75. The molecule has 0 spiro atoms. The maximum atomic E-state index is 12.0. The first-order valence-corrected chi connectivity index (χ1v) is 7.71. The molecule has 2 N–H and O–H groups in total. The van der Waals surface area contributed by atoms with Crippen molar-refractivity contribution in [1.29, 1.82) is 0 Å². The summed E-state index contributed by atoms with van der Waals surface area (Å²) >= 11 is 0. The molecule has 23 heavy (non-hydrogen) atoms. The standard InChI is InChI=1S/C19H24N2O2/c1-13-9-14(2)19(15(3)10-13)21-12-18(22)20-11-16-5-7-17(23-4)8-6-16/h5-10,21H,11-12H2,1-4H3,(H,20,22). The van der Waals surface area contributed by atoms with Gasteiger partial charge in [0.05, 0.1) is 13.7 Å². The van der Waals surface area contributed by atoms with E-state index in [1.54, 1.807) is 7.11 Å². The number of nitrogens with one attached hydrogen (secondary N) is 2. The van der Waals surface area contributed by atoms with Gasteiger partial charge in [0.25, 0.3) is 0 Å². The van der Waals surface area contributed by atoms with Crippen LogP contribution in [0, 0.1) is 20.8 Å². The molecule has 0 unspecified atom stereocenters. The van der Waals surface area contributed by atoms with Gasteiger partial charge < -0.3 is 15.4 Å². The Bertz CT molecular complexity index is 655. The van der Waals surface area contributed by atoms with Gasteiger partial charge in [-0.15, -0.1) is 0 Å². The topological polar surface area (TPSA) is 50.4 Å². The van der Waals surface area contributed by atoms with E-state index >= 15 is 0 Å². The first-order chi connectivity index (χ1) is 11.0. The Morgan fingerprint density at radius 2 is 1.65 bits per heavy atom. The molecule has 0 bridgehead atoms. The Morgan fingerprint density at radius 3 is 2.22 bits per heavy atom. The zero-order valence-electron chi connectivity index (χ0n) is 14.2. The van der Waals surface area contributed by atoms with Gasteiger partial charge in [-0.25, -0.2) is 0 Å². The number of hydrogen-bond donors (Lipinski definition) is 2. The highest BCUT2D eigenvalue weighted by Gasteiger charge is 2.06. The second kappa shape index (κ2) is 7.68. The smallest absolute Gasteiger partial charge is 0.239 e. The minimum absolute atomic E-state index is 0.0276. The van der Waals surface area contributed by atoms with Gasteiger partial charge in [0, 0.05) is 12.2 Å². The second-order valence-corrected chi connectivity index (χ2v) is 5.75. The van der Waals surface area contributed by atoms with Gasteiger partial charge in [0.2, 0.25) is 5.91 Å². The van der Waals surface area contributed by atoms with Crippen LogP contribution in [0.25, 0.3) is 0 Å². The maximum absolute atomic E-state index is 12.0. The monoisotopic (exact) mass is 312 g/mol. The fourth-order valence-corrected chi connectivity index (χ4v) is 2.63. The number of amides is 1. The van der Waals surface area contributed by atoms with Crippen molar-refractivity contribution in [2.75, 3.05) is 19.0 Å². The quantitative estimate of drug-likeness (QED) is 0.860. The first-order valence-electron chi connectivity index (χ1n) is 7.71. The zero-order chi connectivity index (χ0) is 16.8. The van der Waals surface area contributed by atoms with Crippen LogP contribution in [0.3, 0.4) is 0 Å². The minimum Gasteiger partial charge on any atom is -0.497 e. The Balaban J connectivity index is 1.85. The fraction of sp³-hybridized carbons (Fsp3) is 0.316. The summed E-state index contributed by atoms with van der Waals surface area (Å²) in [5.41, 5.74) is 5.63. The normalized spacial score (nSPS) is 10.3. The number of hydrogen-bond acceptors (Lipinski definition) is 3. The number of carbonyl (C=O) groups excluding carboxylic acids is 1. The summed E-state index contributed by atoms with van der Waals surface area (Å²) in [5.74, 6) is 0.784. The van der Waals surface area contributed by atoms with E-state index in [1.165, 1.54) is 5.56 Å². The molecule has 0 heterocycles. The molecule has 0 fully saturated rings. The summed E-state index contributed by atoms with van der Waals surface area (Å²) in [6, 6.07) is 11.9. The van der Waals surface area contributed by atoms with Gasteiger partial charge in [-0.2, -0.15) is 0 Å². The highest BCUT2D eigenvalue weighted by Crippen LogP contribution is 2.21. The Labute approximate surface area is 137 Å². The molecule has 0 aliphatic carbocycles. The number of rotatable bonds is 6. The molecule has 1 amide bonds. The van der Waals surface area contributed by atoms with E-state index < -0.39 is 0 Å². The van der Waals surface area contributed by atoms with E-state index in [9.17, 15) is 4.79 Å². The van der Waals surface area contributed by atoms with Crippen molar-refractivity contribution in [1.82, 2.24) is 5.32 Å². The van der Waals surface area contributed by atoms with E-state index in [4.69, 9.17) is 4.74 Å². The van der Waals surface area contributed by atoms with Crippen molar-refractivity contribution in [3.8, 4) is 5.75 Å². The van der Waals surface area contributed by atoms with Crippen molar-refractivity contribution in [3.63, 3.8) is 0 Å². The molecular weight excluding hydrogens is 288 g/mol. The Kier molecular flexibility index (Phi) is 5.63. The lowest BCUT2D eigenvalue weighted by molar-refractivity contribution is -0.119. The maximum Gasteiger partial charge on any atom is 0.239 e. The Morgan fingerprint density at radius 1 is 1.04 bits per heavy atom. The van der Waals surface area contributed by atoms with Crippen molar-refractivity contribution in [2.24, 2.45) is 0 Å². The molecule has 0 aliphatic rings. The molecule has 2 aromatic rings. The minimum atomic E-state index is -0.0276. The summed E-state index contributed by atoms with van der Waals surface area (Å²) < 4.78 is 5.12. The summed E-state index contributed by atoms with van der Waals surface area (Å²) in [4.78, 5) is 12.0. The largest absolute Gasteiger partial charge is 0.497 e. The van der Waals surface area contributed by atoms with Crippen molar-refractivity contribution >= 4 is 11.6 Å². The Hall–Kier alpha value is -2.49. The average molecular weight is 312 g/mol. The predicted octanol–water partition coefficient (Wildman–Crippen LogP) is 3.35. The van der Waals surface area contributed by atoms with Crippen molar-refractivity contribution in [2.45, 2.75) is 27.3 Å². The predicted molar refractivity (Wildman–Crippen MR) is 94.0 cm³/mol. The molecule has 0 aliphatic heterocycles. The van der Waals surface area contributed by atoms with E-state index in [0.717, 1.165) is 28.1 Å². The van der Waals surface area contributed by atoms with Gasteiger partial charge in [-0.1, -0.05) is 29.8 Å². The third-order valence-corrected chi connectivity index (χ3v) is 3.75. The van der Waals surface area contributed by atoms with Gasteiger partial charge >= 0.3 is 0 Å². The molecule has 4 nitrogen and oxygen atoms in total. The lowest BCUT2D eigenvalue weighted by atomic mass is 10.1. The summed E-state index contributed by atoms with van der Waals surface area (Å²) in [5, 5.41) is 6.15. The number of carbonyl (C=O) groups is 1. The highest BCUT2D eigenvalue weighted by atomic mass is 16.5. The van der Waals surface area contributed by atoms with E-state index in [-0.39, 0.29) is 12.5 Å². The molecule has 0 aromatic heterocycles. The lowest BCUT2D eigenvalue weighted by Crippen LogP contribution is -2.29. The third-order valence-electron chi connectivity index (χ3n) is 3.75. The van der Waals surface area contributed by atoms with Gasteiger partial charge in [-0.3, -0.25) is 4.79 Å². The summed E-state index contributed by atoms with van der Waals surface area (Å²) in [6.07, 6.45) is 0. The molecule has 4 heteroatoms. The van der Waals surface area contributed by atoms with Gasteiger partial charge in [0.1, 0.15) is 5.75 Å². The molecule has 0 saturated heterocycles. The van der Waals surface area contributed by atoms with E-state index in [2.05, 4.69) is 43.5 Å². The van der Waals surface area contributed by atoms with Crippen LogP contribution in [0.1, 0.15) is 22.3 Å². The van der Waals surface area contributed by atoms with Crippen molar-refractivity contribution in [3.05, 3.63) is 58.7 Å². The van der Waals surface area contributed by atoms with Crippen LogP contribution in [-0.4, -0.2) is 19.6 Å². The number of aryl methyl sites for hydroxylation is 3. The highest BCUT2D eigenvalue weighted by molar-refractivity contribution is 5.81. The van der Waals surface area contributed by atoms with Crippen LogP contribution < -0.4 is 15.4 Å². The number of methoxy groups -OCH3 is 1.